The van der Waals surface area contributed by atoms with Crippen LogP contribution in [-0.4, -0.2) is 10.8 Å². The van der Waals surface area contributed by atoms with Gasteiger partial charge in [0.05, 0.1) is 10.4 Å². The Morgan fingerprint density at radius 2 is 2.27 bits per heavy atom. The fourth-order valence-corrected chi connectivity index (χ4v) is 1.87. The van der Waals surface area contributed by atoms with Gasteiger partial charge in [-0.1, -0.05) is 6.07 Å². The van der Waals surface area contributed by atoms with E-state index in [9.17, 15) is 9.18 Å². The van der Waals surface area contributed by atoms with E-state index in [0.29, 0.717) is 10.4 Å². The lowest BCUT2D eigenvalue weighted by atomic mass is 10.0. The number of carbonyl (C=O) groups is 1. The summed E-state index contributed by atoms with van der Waals surface area (Å²) >= 11 is 1.26. The fraction of sp³-hybridized carbons (Fsp3) is 0.0909. The third-order valence-corrected chi connectivity index (χ3v) is 2.87. The summed E-state index contributed by atoms with van der Waals surface area (Å²) in [6.07, 6.45) is 1.50. The summed E-state index contributed by atoms with van der Waals surface area (Å²) in [5, 5.41) is 0. The van der Waals surface area contributed by atoms with E-state index in [0.717, 1.165) is 5.56 Å². The summed E-state index contributed by atoms with van der Waals surface area (Å²) in [5.74, 6) is -0.567. The van der Waals surface area contributed by atoms with Gasteiger partial charge in [-0.05, 0) is 24.6 Å². The Balaban J connectivity index is 2.46. The molecule has 76 valence electrons. The minimum atomic E-state index is -0.395. The van der Waals surface area contributed by atoms with E-state index in [-0.39, 0.29) is 5.78 Å². The Bertz CT molecular complexity index is 493. The molecule has 0 atom stereocenters. The number of hydrogen-bond acceptors (Lipinski definition) is 3. The number of halogens is 1. The SMILES string of the molecule is Cc1ccc(F)cc1C(=O)c1cncs1. The van der Waals surface area contributed by atoms with Crippen LogP contribution in [0.4, 0.5) is 4.39 Å². The number of rotatable bonds is 2. The topological polar surface area (TPSA) is 30.0 Å². The summed E-state index contributed by atoms with van der Waals surface area (Å²) in [6.45, 7) is 1.79. The Morgan fingerprint density at radius 1 is 1.47 bits per heavy atom. The first-order valence-electron chi connectivity index (χ1n) is 4.38. The summed E-state index contributed by atoms with van der Waals surface area (Å²) in [5.41, 5.74) is 2.76. The van der Waals surface area contributed by atoms with Crippen molar-refractivity contribution < 1.29 is 9.18 Å². The van der Waals surface area contributed by atoms with Crippen LogP contribution in [0, 0.1) is 12.7 Å². The molecule has 4 heteroatoms. The molecule has 1 aromatic heterocycles. The molecule has 0 aliphatic heterocycles. The van der Waals surface area contributed by atoms with Crippen LogP contribution in [0.5, 0.6) is 0 Å². The molecule has 0 saturated heterocycles. The minimum Gasteiger partial charge on any atom is -0.288 e. The quantitative estimate of drug-likeness (QED) is 0.730. The number of ketones is 1. The largest absolute Gasteiger partial charge is 0.288 e. The maximum Gasteiger partial charge on any atom is 0.204 e. The first-order chi connectivity index (χ1) is 7.18. The number of hydrogen-bond donors (Lipinski definition) is 0. The lowest BCUT2D eigenvalue weighted by Crippen LogP contribution is -2.02. The maximum absolute atomic E-state index is 13.0. The predicted molar refractivity (Wildman–Crippen MR) is 56.7 cm³/mol. The third-order valence-electron chi connectivity index (χ3n) is 2.10. The predicted octanol–water partition coefficient (Wildman–Crippen LogP) is 2.82. The number of nitrogens with zero attached hydrogens (tertiary/aromatic N) is 1. The molecule has 0 saturated carbocycles. The molecule has 0 bridgehead atoms. The average Bonchev–Trinajstić information content (AvgIpc) is 2.74. The second-order valence-corrected chi connectivity index (χ2v) is 4.04. The molecule has 2 rings (SSSR count). The van der Waals surface area contributed by atoms with Gasteiger partial charge in [-0.15, -0.1) is 11.3 Å². The smallest absolute Gasteiger partial charge is 0.204 e. The first-order valence-corrected chi connectivity index (χ1v) is 5.26. The van der Waals surface area contributed by atoms with Crippen LogP contribution in [0.2, 0.25) is 0 Å². The highest BCUT2D eigenvalue weighted by atomic mass is 32.1. The Labute approximate surface area is 90.4 Å². The molecule has 0 radical (unpaired) electrons. The zero-order valence-corrected chi connectivity index (χ0v) is 8.84. The van der Waals surface area contributed by atoms with Crippen LogP contribution < -0.4 is 0 Å². The molecule has 0 fully saturated rings. The fourth-order valence-electron chi connectivity index (χ4n) is 1.30. The van der Waals surface area contributed by atoms with Crippen LogP contribution in [-0.2, 0) is 0 Å². The Morgan fingerprint density at radius 3 is 2.93 bits per heavy atom. The molecule has 0 aliphatic carbocycles. The molecule has 0 amide bonds. The number of carbonyl (C=O) groups excluding carboxylic acids is 1. The van der Waals surface area contributed by atoms with Crippen molar-refractivity contribution in [3.8, 4) is 0 Å². The number of aromatic nitrogens is 1. The molecule has 0 N–H and O–H groups in total. The van der Waals surface area contributed by atoms with Gasteiger partial charge >= 0.3 is 0 Å². The van der Waals surface area contributed by atoms with Crippen LogP contribution in [0.15, 0.2) is 29.9 Å². The number of benzene rings is 1. The van der Waals surface area contributed by atoms with E-state index < -0.39 is 5.82 Å². The van der Waals surface area contributed by atoms with Gasteiger partial charge in [0.15, 0.2) is 0 Å². The van der Waals surface area contributed by atoms with Gasteiger partial charge in [0, 0.05) is 11.8 Å². The van der Waals surface area contributed by atoms with E-state index in [4.69, 9.17) is 0 Å². The van der Waals surface area contributed by atoms with Crippen LogP contribution in [0.1, 0.15) is 20.8 Å². The second kappa shape index (κ2) is 3.90. The minimum absolute atomic E-state index is 0.172. The zero-order valence-electron chi connectivity index (χ0n) is 8.03. The van der Waals surface area contributed by atoms with Gasteiger partial charge in [0.2, 0.25) is 5.78 Å². The molecule has 0 aliphatic rings. The summed E-state index contributed by atoms with van der Waals surface area (Å²) < 4.78 is 13.0. The molecular formula is C11H8FNOS. The summed E-state index contributed by atoms with van der Waals surface area (Å²) in [7, 11) is 0. The molecule has 0 spiro atoms. The first kappa shape index (κ1) is 9.98. The van der Waals surface area contributed by atoms with E-state index in [2.05, 4.69) is 4.98 Å². The highest BCUT2D eigenvalue weighted by molar-refractivity contribution is 7.11. The average molecular weight is 221 g/mol. The molecular weight excluding hydrogens is 213 g/mol. The molecule has 1 heterocycles. The van der Waals surface area contributed by atoms with E-state index >= 15 is 0 Å². The Kier molecular flexibility index (Phi) is 2.60. The van der Waals surface area contributed by atoms with Crippen LogP contribution >= 0.6 is 11.3 Å². The van der Waals surface area contributed by atoms with Crippen LogP contribution in [0.25, 0.3) is 0 Å². The Hall–Kier alpha value is -1.55. The summed E-state index contributed by atoms with van der Waals surface area (Å²) in [4.78, 5) is 16.2. The van der Waals surface area contributed by atoms with E-state index in [1.165, 1.54) is 29.7 Å². The molecule has 2 nitrogen and oxygen atoms in total. The van der Waals surface area contributed by atoms with Crippen molar-refractivity contribution in [3.05, 3.63) is 51.7 Å². The second-order valence-electron chi connectivity index (χ2n) is 3.15. The van der Waals surface area contributed by atoms with Crippen molar-refractivity contribution in [2.24, 2.45) is 0 Å². The number of aryl methyl sites for hydroxylation is 1. The lowest BCUT2D eigenvalue weighted by Gasteiger charge is -2.02. The van der Waals surface area contributed by atoms with Crippen molar-refractivity contribution in [2.45, 2.75) is 6.92 Å². The van der Waals surface area contributed by atoms with Crippen molar-refractivity contribution in [3.63, 3.8) is 0 Å². The van der Waals surface area contributed by atoms with Gasteiger partial charge < -0.3 is 0 Å². The molecule has 1 aromatic carbocycles. The third kappa shape index (κ3) is 1.94. The summed E-state index contributed by atoms with van der Waals surface area (Å²) in [6, 6.07) is 4.21. The van der Waals surface area contributed by atoms with Crippen molar-refractivity contribution >= 4 is 17.1 Å². The van der Waals surface area contributed by atoms with Crippen molar-refractivity contribution in [1.29, 1.82) is 0 Å². The highest BCUT2D eigenvalue weighted by Gasteiger charge is 2.13. The lowest BCUT2D eigenvalue weighted by molar-refractivity contribution is 0.104. The molecule has 2 aromatic rings. The van der Waals surface area contributed by atoms with Crippen molar-refractivity contribution in [1.82, 2.24) is 4.98 Å². The normalized spacial score (nSPS) is 10.3. The monoisotopic (exact) mass is 221 g/mol. The van der Waals surface area contributed by atoms with Gasteiger partial charge in [0.1, 0.15) is 5.82 Å². The van der Waals surface area contributed by atoms with Gasteiger partial charge in [-0.2, -0.15) is 0 Å². The molecule has 0 unspecified atom stereocenters. The number of thiazole rings is 1. The highest BCUT2D eigenvalue weighted by Crippen LogP contribution is 2.17. The zero-order chi connectivity index (χ0) is 10.8. The van der Waals surface area contributed by atoms with Gasteiger partial charge in [-0.3, -0.25) is 9.78 Å². The maximum atomic E-state index is 13.0. The van der Waals surface area contributed by atoms with E-state index in [1.807, 2.05) is 0 Å². The van der Waals surface area contributed by atoms with E-state index in [1.54, 1.807) is 18.5 Å². The standard InChI is InChI=1S/C11H8FNOS/c1-7-2-3-8(12)4-9(7)11(14)10-5-13-6-15-10/h2-6H,1H3. The van der Waals surface area contributed by atoms with Crippen LogP contribution in [0.3, 0.4) is 0 Å². The van der Waals surface area contributed by atoms with Gasteiger partial charge in [-0.25, -0.2) is 4.39 Å². The van der Waals surface area contributed by atoms with Gasteiger partial charge in [0.25, 0.3) is 0 Å². The molecule has 15 heavy (non-hydrogen) atoms. The van der Waals surface area contributed by atoms with Crippen molar-refractivity contribution in [2.75, 3.05) is 0 Å².